The molecule has 1 fully saturated rings. The first-order valence-corrected chi connectivity index (χ1v) is 11.7. The molecular formula is C22H44N4O5. The Bertz CT molecular complexity index is 459. The number of likely N-dealkylation sites (N-methyl/N-ethyl adjacent to an activating group) is 1. The zero-order valence-electron chi connectivity index (χ0n) is 19.7. The molecule has 0 saturated carbocycles. The topological polar surface area (TPSA) is 92.4 Å². The smallest absolute Gasteiger partial charge is 0.245 e. The molecular weight excluding hydrogens is 400 g/mol. The van der Waals surface area contributed by atoms with Gasteiger partial charge in [0.25, 0.3) is 0 Å². The van der Waals surface area contributed by atoms with Crippen LogP contribution in [0, 0.1) is 0 Å². The minimum Gasteiger partial charge on any atom is -0.382 e. The number of nitrogens with one attached hydrogen (secondary N) is 2. The monoisotopic (exact) mass is 444 g/mol. The minimum atomic E-state index is -0.0913. The molecule has 0 radical (unpaired) electrons. The van der Waals surface area contributed by atoms with Crippen LogP contribution in [-0.4, -0.2) is 115 Å². The predicted octanol–water partition coefficient (Wildman–Crippen LogP) is 0.486. The van der Waals surface area contributed by atoms with E-state index in [2.05, 4.69) is 20.4 Å². The summed E-state index contributed by atoms with van der Waals surface area (Å²) in [7, 11) is 3.29. The van der Waals surface area contributed by atoms with Crippen LogP contribution < -0.4 is 10.6 Å². The lowest BCUT2D eigenvalue weighted by Crippen LogP contribution is -2.49. The SMILES string of the molecule is CNC(=O)COCCN1CCN(CCNC(=O)CCCCCCCOCCOC)CC1. The number of ether oxygens (including phenoxy) is 3. The largest absolute Gasteiger partial charge is 0.382 e. The molecule has 9 heteroatoms. The van der Waals surface area contributed by atoms with E-state index >= 15 is 0 Å². The van der Waals surface area contributed by atoms with E-state index in [-0.39, 0.29) is 18.4 Å². The molecule has 0 aliphatic carbocycles. The molecule has 0 bridgehead atoms. The van der Waals surface area contributed by atoms with E-state index in [1.165, 1.54) is 0 Å². The summed E-state index contributed by atoms with van der Waals surface area (Å²) in [6.45, 7) is 9.27. The number of hydrogen-bond donors (Lipinski definition) is 2. The van der Waals surface area contributed by atoms with Crippen molar-refractivity contribution in [3.63, 3.8) is 0 Å². The van der Waals surface area contributed by atoms with Crippen LogP contribution in [0.3, 0.4) is 0 Å². The number of rotatable bonds is 19. The summed E-state index contributed by atoms with van der Waals surface area (Å²) in [6, 6.07) is 0. The van der Waals surface area contributed by atoms with Crippen LogP contribution in [0.1, 0.15) is 38.5 Å². The summed E-state index contributed by atoms with van der Waals surface area (Å²) in [5, 5.41) is 5.59. The van der Waals surface area contributed by atoms with E-state index in [1.807, 2.05) is 0 Å². The number of carbonyl (C=O) groups is 2. The van der Waals surface area contributed by atoms with Gasteiger partial charge in [0.2, 0.25) is 11.8 Å². The average Bonchev–Trinajstić information content (AvgIpc) is 2.78. The van der Waals surface area contributed by atoms with Crippen LogP contribution in [0.15, 0.2) is 0 Å². The molecule has 0 spiro atoms. The van der Waals surface area contributed by atoms with Gasteiger partial charge in [-0.1, -0.05) is 19.3 Å². The summed E-state index contributed by atoms with van der Waals surface area (Å²) in [4.78, 5) is 27.8. The van der Waals surface area contributed by atoms with Crippen molar-refractivity contribution in [2.75, 3.05) is 93.0 Å². The van der Waals surface area contributed by atoms with Crippen molar-refractivity contribution < 1.29 is 23.8 Å². The van der Waals surface area contributed by atoms with Gasteiger partial charge in [-0.25, -0.2) is 0 Å². The Kier molecular flexibility index (Phi) is 17.4. The third-order valence-electron chi connectivity index (χ3n) is 5.40. The van der Waals surface area contributed by atoms with Gasteiger partial charge in [0.05, 0.1) is 19.8 Å². The highest BCUT2D eigenvalue weighted by Gasteiger charge is 2.16. The molecule has 1 aliphatic heterocycles. The van der Waals surface area contributed by atoms with Crippen molar-refractivity contribution in [3.05, 3.63) is 0 Å². The van der Waals surface area contributed by atoms with Gasteiger partial charge in [-0.15, -0.1) is 0 Å². The molecule has 0 aromatic heterocycles. The Morgan fingerprint density at radius 2 is 1.45 bits per heavy atom. The average molecular weight is 445 g/mol. The lowest BCUT2D eigenvalue weighted by molar-refractivity contribution is -0.125. The molecule has 1 heterocycles. The lowest BCUT2D eigenvalue weighted by Gasteiger charge is -2.34. The zero-order chi connectivity index (χ0) is 22.6. The Hall–Kier alpha value is -1.26. The molecule has 1 rings (SSSR count). The van der Waals surface area contributed by atoms with Crippen molar-refractivity contribution in [2.24, 2.45) is 0 Å². The summed E-state index contributed by atoms with van der Waals surface area (Å²) in [5.41, 5.74) is 0. The van der Waals surface area contributed by atoms with Crippen LogP contribution >= 0.6 is 0 Å². The molecule has 182 valence electrons. The Morgan fingerprint density at radius 3 is 2.16 bits per heavy atom. The van der Waals surface area contributed by atoms with Crippen molar-refractivity contribution in [1.82, 2.24) is 20.4 Å². The Morgan fingerprint density at radius 1 is 0.774 bits per heavy atom. The van der Waals surface area contributed by atoms with Crippen LogP contribution in [0.25, 0.3) is 0 Å². The minimum absolute atomic E-state index is 0.0913. The van der Waals surface area contributed by atoms with E-state index in [9.17, 15) is 9.59 Å². The third-order valence-corrected chi connectivity index (χ3v) is 5.40. The molecule has 1 saturated heterocycles. The van der Waals surface area contributed by atoms with E-state index in [4.69, 9.17) is 14.2 Å². The Balaban J connectivity index is 1.88. The summed E-state index contributed by atoms with van der Waals surface area (Å²) >= 11 is 0. The number of methoxy groups -OCH3 is 1. The first-order chi connectivity index (χ1) is 15.2. The van der Waals surface area contributed by atoms with E-state index < -0.39 is 0 Å². The van der Waals surface area contributed by atoms with Gasteiger partial charge >= 0.3 is 0 Å². The van der Waals surface area contributed by atoms with E-state index in [0.29, 0.717) is 32.8 Å². The number of nitrogens with zero attached hydrogens (tertiary/aromatic N) is 2. The third kappa shape index (κ3) is 16.1. The van der Waals surface area contributed by atoms with E-state index in [1.54, 1.807) is 14.2 Å². The summed E-state index contributed by atoms with van der Waals surface area (Å²) in [6.07, 6.45) is 6.06. The van der Waals surface area contributed by atoms with Gasteiger partial charge in [-0.3, -0.25) is 19.4 Å². The van der Waals surface area contributed by atoms with Gasteiger partial charge in [0.15, 0.2) is 0 Å². The molecule has 1 aliphatic rings. The fourth-order valence-corrected chi connectivity index (χ4v) is 3.37. The van der Waals surface area contributed by atoms with Gasteiger partial charge in [0, 0.05) is 73.0 Å². The highest BCUT2D eigenvalue weighted by atomic mass is 16.5. The summed E-state index contributed by atoms with van der Waals surface area (Å²) < 4.78 is 15.7. The van der Waals surface area contributed by atoms with Gasteiger partial charge < -0.3 is 24.8 Å². The first-order valence-electron chi connectivity index (χ1n) is 11.7. The van der Waals surface area contributed by atoms with Crippen LogP contribution in [0.2, 0.25) is 0 Å². The summed E-state index contributed by atoms with van der Waals surface area (Å²) in [5.74, 6) is 0.0705. The molecule has 2 N–H and O–H groups in total. The fraction of sp³-hybridized carbons (Fsp3) is 0.909. The fourth-order valence-electron chi connectivity index (χ4n) is 3.37. The van der Waals surface area contributed by atoms with E-state index in [0.717, 1.165) is 78.0 Å². The van der Waals surface area contributed by atoms with Crippen molar-refractivity contribution in [3.8, 4) is 0 Å². The molecule has 0 unspecified atom stereocenters. The number of unbranched alkanes of at least 4 members (excludes halogenated alkanes) is 4. The number of carbonyl (C=O) groups excluding carboxylic acids is 2. The first kappa shape index (κ1) is 27.8. The lowest BCUT2D eigenvalue weighted by atomic mass is 10.1. The van der Waals surface area contributed by atoms with Crippen LogP contribution in [0.5, 0.6) is 0 Å². The predicted molar refractivity (Wildman–Crippen MR) is 121 cm³/mol. The molecule has 9 nitrogen and oxygen atoms in total. The zero-order valence-corrected chi connectivity index (χ0v) is 19.7. The van der Waals surface area contributed by atoms with Crippen molar-refractivity contribution >= 4 is 11.8 Å². The molecule has 0 aromatic carbocycles. The van der Waals surface area contributed by atoms with Crippen LogP contribution in [-0.2, 0) is 23.8 Å². The second-order valence-electron chi connectivity index (χ2n) is 7.88. The maximum atomic E-state index is 12.0. The van der Waals surface area contributed by atoms with Gasteiger partial charge in [-0.2, -0.15) is 0 Å². The second-order valence-corrected chi connectivity index (χ2v) is 7.88. The van der Waals surface area contributed by atoms with Crippen molar-refractivity contribution in [1.29, 1.82) is 0 Å². The quantitative estimate of drug-likeness (QED) is 0.280. The number of piperazine rings is 1. The maximum absolute atomic E-state index is 12.0. The van der Waals surface area contributed by atoms with Gasteiger partial charge in [-0.05, 0) is 12.8 Å². The van der Waals surface area contributed by atoms with Gasteiger partial charge in [0.1, 0.15) is 6.61 Å². The molecule has 0 atom stereocenters. The molecule has 0 aromatic rings. The number of hydrogen-bond acceptors (Lipinski definition) is 7. The van der Waals surface area contributed by atoms with Crippen molar-refractivity contribution in [2.45, 2.75) is 38.5 Å². The second kappa shape index (κ2) is 19.4. The van der Waals surface area contributed by atoms with Crippen LogP contribution in [0.4, 0.5) is 0 Å². The maximum Gasteiger partial charge on any atom is 0.245 e. The molecule has 2 amide bonds. The number of amides is 2. The highest BCUT2D eigenvalue weighted by molar-refractivity contribution is 5.76. The highest BCUT2D eigenvalue weighted by Crippen LogP contribution is 2.06. The Labute approximate surface area is 188 Å². The molecule has 31 heavy (non-hydrogen) atoms. The standard InChI is InChI=1S/C22H44N4O5/c1-23-22(28)20-31-17-15-26-13-11-25(12-14-26)10-9-24-21(27)8-6-4-3-5-7-16-30-19-18-29-2/h3-20H2,1-2H3,(H,23,28)(H,24,27). The normalized spacial score (nSPS) is 15.2.